The van der Waals surface area contributed by atoms with Crippen LogP contribution in [0.4, 0.5) is 72.1 Å². The first-order chi connectivity index (χ1) is 56.2. The lowest BCUT2D eigenvalue weighted by Gasteiger charge is -2.34. The summed E-state index contributed by atoms with van der Waals surface area (Å²) in [6.45, 7) is 32.3. The molecule has 15 rings (SSSR count). The average molecular weight is 1680 g/mol. The molecule has 119 heavy (non-hydrogen) atoms. The number of halogens is 2. The van der Waals surface area contributed by atoms with Gasteiger partial charge in [0.1, 0.15) is 11.6 Å². The number of piperidine rings is 1. The number of amides is 1. The number of aromatic nitrogens is 6. The second kappa shape index (κ2) is 35.4. The maximum absolute atomic E-state index is 15.0. The second-order valence-electron chi connectivity index (χ2n) is 35.1. The summed E-state index contributed by atoms with van der Waals surface area (Å²) >= 11 is 0. The van der Waals surface area contributed by atoms with E-state index in [9.17, 15) is 38.8 Å². The smallest absolute Gasteiger partial charge is 0.254 e. The lowest BCUT2D eigenvalue weighted by molar-refractivity contribution is 0.0912. The van der Waals surface area contributed by atoms with Crippen LogP contribution in [0.15, 0.2) is 134 Å². The summed E-state index contributed by atoms with van der Waals surface area (Å²) in [5, 5.41) is 12.5. The largest absolute Gasteiger partial charge is 0.369 e. The highest BCUT2D eigenvalue weighted by molar-refractivity contribution is 7.94. The molecule has 0 atom stereocenters. The van der Waals surface area contributed by atoms with E-state index in [1.807, 2.05) is 82.5 Å². The Morgan fingerprint density at radius 3 is 1.12 bits per heavy atom. The summed E-state index contributed by atoms with van der Waals surface area (Å²) < 4.78 is 111. The van der Waals surface area contributed by atoms with Crippen molar-refractivity contribution < 1.29 is 38.8 Å². The maximum atomic E-state index is 15.0. The van der Waals surface area contributed by atoms with Crippen LogP contribution in [-0.4, -0.2) is 202 Å². The Hall–Kier alpha value is -9.98. The lowest BCUT2D eigenvalue weighted by Crippen LogP contribution is -2.44. The van der Waals surface area contributed by atoms with Crippen LogP contribution >= 0.6 is 0 Å². The van der Waals surface area contributed by atoms with Crippen molar-refractivity contribution in [1.82, 2.24) is 49.9 Å². The van der Waals surface area contributed by atoms with E-state index >= 15 is 0 Å². The van der Waals surface area contributed by atoms with Gasteiger partial charge in [0.25, 0.3) is 5.91 Å². The highest BCUT2D eigenvalue weighted by Crippen LogP contribution is 2.40. The van der Waals surface area contributed by atoms with E-state index in [0.29, 0.717) is 86.6 Å². The van der Waals surface area contributed by atoms with Gasteiger partial charge in [0.15, 0.2) is 0 Å². The molecule has 0 unspecified atom stereocenters. The van der Waals surface area contributed by atoms with Gasteiger partial charge < -0.3 is 45.8 Å². The number of likely N-dealkylation sites (tertiary alicyclic amines) is 1. The summed E-state index contributed by atoms with van der Waals surface area (Å²) in [6, 6.07) is 36.1. The van der Waals surface area contributed by atoms with Crippen molar-refractivity contribution in [2.75, 3.05) is 145 Å². The van der Waals surface area contributed by atoms with Crippen LogP contribution in [0.25, 0.3) is 0 Å². The quantitative estimate of drug-likeness (QED) is 0.0586. The van der Waals surface area contributed by atoms with Crippen LogP contribution in [0.3, 0.4) is 0 Å². The molecule has 0 bridgehead atoms. The number of sulfonamides is 3. The molecule has 634 valence electrons. The zero-order valence-electron chi connectivity index (χ0n) is 71.2. The predicted octanol–water partition coefficient (Wildman–Crippen LogP) is 13.4. The van der Waals surface area contributed by atoms with E-state index < -0.39 is 56.0 Å². The molecule has 0 spiro atoms. The number of likely N-dealkylation sites (N-methyl/N-ethyl adjacent to an activating group) is 2. The zero-order valence-corrected chi connectivity index (χ0v) is 73.7. The van der Waals surface area contributed by atoms with Gasteiger partial charge in [-0.05, 0) is 278 Å². The van der Waals surface area contributed by atoms with Crippen LogP contribution in [0.2, 0.25) is 0 Å². The van der Waals surface area contributed by atoms with Crippen molar-refractivity contribution in [3.63, 3.8) is 0 Å². The van der Waals surface area contributed by atoms with Gasteiger partial charge in [0, 0.05) is 139 Å². The third-order valence-corrected chi connectivity index (χ3v) is 30.6. The normalized spacial score (nSPS) is 16.5. The van der Waals surface area contributed by atoms with Gasteiger partial charge >= 0.3 is 0 Å². The van der Waals surface area contributed by atoms with Crippen LogP contribution in [0.1, 0.15) is 153 Å². The number of nitrogens with one attached hydrogen (secondary N) is 4. The van der Waals surface area contributed by atoms with Crippen LogP contribution in [0, 0.1) is 32.4 Å². The molecule has 3 saturated heterocycles. The van der Waals surface area contributed by atoms with Crippen LogP contribution in [-0.2, 0) is 68.6 Å². The Bertz CT molecular complexity index is 5560. The monoisotopic (exact) mass is 1680 g/mol. The van der Waals surface area contributed by atoms with Crippen LogP contribution in [0.5, 0.6) is 0 Å². The highest BCUT2D eigenvalue weighted by Gasteiger charge is 2.42. The van der Waals surface area contributed by atoms with E-state index in [4.69, 9.17) is 9.97 Å². The number of nitrogens with zero attached hydrogens (tertiary/aromatic N) is 14. The summed E-state index contributed by atoms with van der Waals surface area (Å²) in [5.74, 6) is -0.0609. The van der Waals surface area contributed by atoms with Crippen molar-refractivity contribution in [2.24, 2.45) is 0 Å². The fraction of sp³-hybridized carbons (Fsp3) is 0.449. The first kappa shape index (κ1) is 86.9. The van der Waals surface area contributed by atoms with E-state index in [-0.39, 0.29) is 17.4 Å². The minimum absolute atomic E-state index is 0.00381. The second-order valence-corrected chi connectivity index (χ2v) is 43.0. The number of rotatable bonds is 19. The number of piperazine rings is 2. The molecule has 6 aliphatic rings. The number of fused-ring (bicyclic) bond motifs is 3. The van der Waals surface area contributed by atoms with Gasteiger partial charge in [-0.2, -0.15) is 0 Å². The van der Waals surface area contributed by atoms with E-state index in [1.165, 1.54) is 28.2 Å². The Kier molecular flexibility index (Phi) is 25.8. The Labute approximate surface area is 701 Å². The van der Waals surface area contributed by atoms with Crippen molar-refractivity contribution in [3.05, 3.63) is 218 Å². The molecule has 6 aromatic carbocycles. The molecular formula is C89H114F2N18O7S3. The summed E-state index contributed by atoms with van der Waals surface area (Å²) in [7, 11) is -4.15. The van der Waals surface area contributed by atoms with Crippen molar-refractivity contribution in [3.8, 4) is 0 Å². The molecule has 3 aromatic heterocycles. The highest BCUT2D eigenvalue weighted by atomic mass is 32.2. The molecular weight excluding hydrogens is 1570 g/mol. The summed E-state index contributed by atoms with van der Waals surface area (Å²) in [6.07, 6.45) is 10.7. The molecule has 6 aliphatic heterocycles. The van der Waals surface area contributed by atoms with Crippen LogP contribution < -0.4 is 44.0 Å². The Morgan fingerprint density at radius 2 is 0.748 bits per heavy atom. The summed E-state index contributed by atoms with van der Waals surface area (Å²) in [4.78, 5) is 51.5. The molecule has 0 saturated carbocycles. The fourth-order valence-electron chi connectivity index (χ4n) is 15.3. The molecule has 1 amide bonds. The molecule has 0 aliphatic carbocycles. The van der Waals surface area contributed by atoms with Crippen molar-refractivity contribution >= 4 is 99.3 Å². The molecule has 25 nitrogen and oxygen atoms in total. The fourth-order valence-corrected chi connectivity index (χ4v) is 19.5. The number of hydrogen-bond acceptors (Lipinski definition) is 21. The molecule has 3 fully saturated rings. The van der Waals surface area contributed by atoms with Gasteiger partial charge in [0.2, 0.25) is 47.9 Å². The molecule has 4 N–H and O–H groups in total. The Morgan fingerprint density at radius 1 is 0.403 bits per heavy atom. The van der Waals surface area contributed by atoms with Gasteiger partial charge in [-0.1, -0.05) is 36.4 Å². The molecule has 9 aromatic rings. The number of aryl methyl sites for hydroxylation is 3. The molecule has 0 radical (unpaired) electrons. The average Bonchev–Trinajstić information content (AvgIpc) is 1.66. The Balaban J connectivity index is 0.000000155. The number of benzene rings is 6. The zero-order chi connectivity index (χ0) is 85.3. The number of carbonyl (C=O) groups is 1. The first-order valence-corrected chi connectivity index (χ1v) is 45.3. The van der Waals surface area contributed by atoms with Crippen molar-refractivity contribution in [1.29, 1.82) is 0 Å². The third kappa shape index (κ3) is 20.1. The number of carbonyl (C=O) groups excluding carboxylic acids is 1. The van der Waals surface area contributed by atoms with Gasteiger partial charge in [0.05, 0.1) is 59.6 Å². The standard InChI is InChI=1S/C31H39FN6O3S.C29H37FN6O2S.C29H38N6O2S/c1-20-19-33-30(35-24-8-9-25(26(32)18-24)29(39)34-23-11-13-37(5)14-12-23)36-27(20)16-21-6-7-22-10-15-38(28(22)17-21)42(40,41)31(2,3)4;1-20-19-31-28(32-23-8-9-26(24(30)18-23)35-14-12-34(5)13-15-35)33-25(20)16-21-6-7-22-10-11-36(27(22)17-21)39(37,38)29(2,3)4;1-21-20-30-28(31-24-8-10-25(11-9-24)34-16-14-33(5)15-17-34)32-26(21)18-22-6-7-23-12-13-35(27(23)19-22)38(36,37)29(2,3)4/h6-9,17-19,23H,10-16H2,1-5H3,(H,34,39)(H,33,35,36);6-9,17-19H,10-16H2,1-5H3,(H,31,32,33);6-11,19-20H,12-18H2,1-5H3,(H,30,31,32). The minimum Gasteiger partial charge on any atom is -0.369 e. The van der Waals surface area contributed by atoms with E-state index in [2.05, 4.69) is 116 Å². The number of anilines is 11. The van der Waals surface area contributed by atoms with Gasteiger partial charge in [-0.3, -0.25) is 17.7 Å². The molecule has 9 heterocycles. The number of hydrogen-bond donors (Lipinski definition) is 4. The third-order valence-electron chi connectivity index (χ3n) is 23.1. The topological polar surface area (TPSA) is 271 Å². The SMILES string of the molecule is Cc1cnc(Nc2ccc(C(=O)NC3CCN(C)CC3)c(F)c2)nc1Cc1ccc2c(c1)N(S(=O)(=O)C(C)(C)C)CC2.Cc1cnc(Nc2ccc(N3CCN(C)CC3)c(F)c2)nc1Cc1ccc2c(c1)N(S(=O)(=O)C(C)(C)C)CC2.Cc1cnc(Nc2ccc(N3CCN(C)CC3)cc2)nc1Cc1ccc2c(c1)N(S(=O)(=O)C(C)(C)C)CC2. The lowest BCUT2D eigenvalue weighted by atomic mass is 10.0. The first-order valence-electron chi connectivity index (χ1n) is 41.0. The van der Waals surface area contributed by atoms with E-state index in [0.717, 1.165) is 175 Å². The minimum atomic E-state index is -3.51. The van der Waals surface area contributed by atoms with Gasteiger partial charge in [-0.15, -0.1) is 0 Å². The molecule has 30 heteroatoms. The maximum Gasteiger partial charge on any atom is 0.254 e. The van der Waals surface area contributed by atoms with Crippen molar-refractivity contribution in [2.45, 2.75) is 155 Å². The predicted molar refractivity (Wildman–Crippen MR) is 474 cm³/mol. The van der Waals surface area contributed by atoms with E-state index in [1.54, 1.807) is 95.5 Å². The van der Waals surface area contributed by atoms with Gasteiger partial charge in [-0.25, -0.2) is 63.9 Å². The summed E-state index contributed by atoms with van der Waals surface area (Å²) in [5.41, 5.74) is 17.5.